The van der Waals surface area contributed by atoms with Gasteiger partial charge in [-0.15, -0.1) is 0 Å². The summed E-state index contributed by atoms with van der Waals surface area (Å²) >= 11 is 0. The van der Waals surface area contributed by atoms with Crippen LogP contribution in [0.25, 0.3) is 0 Å². The molecule has 0 spiro atoms. The zero-order valence-electron chi connectivity index (χ0n) is 14.7. The van der Waals surface area contributed by atoms with Gasteiger partial charge in [-0.25, -0.2) is 0 Å². The van der Waals surface area contributed by atoms with Gasteiger partial charge in [-0.1, -0.05) is 24.3 Å². The summed E-state index contributed by atoms with van der Waals surface area (Å²) in [7, 11) is -3.09. The number of ether oxygens (including phenoxy) is 1. The molecule has 1 aromatic rings. The second kappa shape index (κ2) is 11.4. The van der Waals surface area contributed by atoms with Crippen molar-refractivity contribution >= 4 is 13.6 Å². The van der Waals surface area contributed by atoms with Crippen LogP contribution in [0.3, 0.4) is 0 Å². The number of esters is 1. The van der Waals surface area contributed by atoms with E-state index in [1.807, 2.05) is 24.3 Å². The first-order chi connectivity index (χ1) is 11.5. The van der Waals surface area contributed by atoms with Crippen LogP contribution in [0, 0.1) is 0 Å². The third kappa shape index (κ3) is 8.06. The molecule has 24 heavy (non-hydrogen) atoms. The van der Waals surface area contributed by atoms with Crippen LogP contribution < -0.4 is 5.32 Å². The highest BCUT2D eigenvalue weighted by Crippen LogP contribution is 2.51. The fourth-order valence-electron chi connectivity index (χ4n) is 2.26. The lowest BCUT2D eigenvalue weighted by Gasteiger charge is -2.17. The summed E-state index contributed by atoms with van der Waals surface area (Å²) in [6, 6.07) is 7.84. The van der Waals surface area contributed by atoms with E-state index in [0.717, 1.165) is 17.5 Å². The summed E-state index contributed by atoms with van der Waals surface area (Å²) in [5.74, 6) is -0.249. The second-order valence-corrected chi connectivity index (χ2v) is 7.21. The fourth-order valence-corrected chi connectivity index (χ4v) is 3.95. The molecule has 0 fully saturated rings. The van der Waals surface area contributed by atoms with Gasteiger partial charge in [-0.2, -0.15) is 0 Å². The van der Waals surface area contributed by atoms with Crippen LogP contribution in [0.5, 0.6) is 0 Å². The number of carbonyl (C=O) groups excluding carboxylic acids is 1. The van der Waals surface area contributed by atoms with Gasteiger partial charge >= 0.3 is 13.6 Å². The predicted molar refractivity (Wildman–Crippen MR) is 94.2 cm³/mol. The van der Waals surface area contributed by atoms with E-state index in [4.69, 9.17) is 13.8 Å². The Hall–Kier alpha value is -1.20. The first-order valence-electron chi connectivity index (χ1n) is 8.35. The molecule has 0 aliphatic rings. The Morgan fingerprint density at radius 2 is 1.75 bits per heavy atom. The van der Waals surface area contributed by atoms with Gasteiger partial charge in [0.05, 0.1) is 32.5 Å². The molecule has 0 radical (unpaired) electrons. The van der Waals surface area contributed by atoms with Crippen molar-refractivity contribution < 1.29 is 23.1 Å². The second-order valence-electron chi connectivity index (χ2n) is 5.16. The van der Waals surface area contributed by atoms with Crippen LogP contribution in [-0.2, 0) is 35.7 Å². The fraction of sp³-hybridized carbons (Fsp3) is 0.588. The van der Waals surface area contributed by atoms with E-state index in [0.29, 0.717) is 26.4 Å². The van der Waals surface area contributed by atoms with Crippen molar-refractivity contribution in [3.05, 3.63) is 35.4 Å². The molecule has 0 bridgehead atoms. The lowest BCUT2D eigenvalue weighted by atomic mass is 10.1. The number of rotatable bonds is 12. The van der Waals surface area contributed by atoms with Crippen molar-refractivity contribution in [2.45, 2.75) is 33.4 Å². The third-order valence-electron chi connectivity index (χ3n) is 3.18. The molecule has 136 valence electrons. The molecule has 0 amide bonds. The van der Waals surface area contributed by atoms with Crippen molar-refractivity contribution in [3.8, 4) is 0 Å². The Morgan fingerprint density at radius 1 is 1.08 bits per heavy atom. The van der Waals surface area contributed by atoms with E-state index < -0.39 is 7.60 Å². The number of benzene rings is 1. The Bertz CT molecular complexity index is 540. The SMILES string of the molecule is CCOC(=O)CNCCc1cccc(CP(=O)(OCC)OCC)c1. The minimum Gasteiger partial charge on any atom is -0.465 e. The van der Waals surface area contributed by atoms with Crippen LogP contribution in [0.15, 0.2) is 24.3 Å². The molecule has 1 rings (SSSR count). The Labute approximate surface area is 144 Å². The van der Waals surface area contributed by atoms with E-state index in [2.05, 4.69) is 5.32 Å². The molecule has 0 aliphatic heterocycles. The monoisotopic (exact) mass is 357 g/mol. The summed E-state index contributed by atoms with van der Waals surface area (Å²) in [5.41, 5.74) is 2.02. The summed E-state index contributed by atoms with van der Waals surface area (Å²) in [6.07, 6.45) is 1.03. The summed E-state index contributed by atoms with van der Waals surface area (Å²) < 4.78 is 28.1. The van der Waals surface area contributed by atoms with Crippen molar-refractivity contribution in [3.63, 3.8) is 0 Å². The molecule has 1 N–H and O–H groups in total. The highest BCUT2D eigenvalue weighted by atomic mass is 31.2. The predicted octanol–water partition coefficient (Wildman–Crippen LogP) is 3.15. The van der Waals surface area contributed by atoms with Gasteiger partial charge in [0.25, 0.3) is 0 Å². The zero-order chi connectivity index (χ0) is 17.8. The van der Waals surface area contributed by atoms with E-state index >= 15 is 0 Å². The Balaban J connectivity index is 2.54. The first kappa shape index (κ1) is 20.8. The van der Waals surface area contributed by atoms with E-state index in [9.17, 15) is 9.36 Å². The zero-order valence-corrected chi connectivity index (χ0v) is 15.6. The molecule has 7 heteroatoms. The average molecular weight is 357 g/mol. The smallest absolute Gasteiger partial charge is 0.335 e. The average Bonchev–Trinajstić information content (AvgIpc) is 2.52. The molecular formula is C17H28NO5P. The van der Waals surface area contributed by atoms with Gasteiger partial charge in [0.2, 0.25) is 0 Å². The van der Waals surface area contributed by atoms with Crippen molar-refractivity contribution in [2.24, 2.45) is 0 Å². The van der Waals surface area contributed by atoms with Crippen LogP contribution >= 0.6 is 7.60 Å². The first-order valence-corrected chi connectivity index (χ1v) is 10.1. The van der Waals surface area contributed by atoms with Gasteiger partial charge < -0.3 is 19.1 Å². The number of hydrogen-bond acceptors (Lipinski definition) is 6. The summed E-state index contributed by atoms with van der Waals surface area (Å²) in [6.45, 7) is 7.36. The normalized spacial score (nSPS) is 11.5. The highest BCUT2D eigenvalue weighted by Gasteiger charge is 2.23. The molecule has 0 unspecified atom stereocenters. The van der Waals surface area contributed by atoms with Gasteiger partial charge in [-0.05, 0) is 44.9 Å². The molecule has 0 heterocycles. The van der Waals surface area contributed by atoms with Gasteiger partial charge in [0.1, 0.15) is 0 Å². The largest absolute Gasteiger partial charge is 0.465 e. The number of hydrogen-bond donors (Lipinski definition) is 1. The summed E-state index contributed by atoms with van der Waals surface area (Å²) in [5, 5.41) is 3.05. The molecule has 6 nitrogen and oxygen atoms in total. The maximum atomic E-state index is 12.6. The standard InChI is InChI=1S/C17H28NO5P/c1-4-21-17(19)13-18-11-10-15-8-7-9-16(12-15)14-24(20,22-5-2)23-6-3/h7-9,12,18H,4-6,10-11,13-14H2,1-3H3. The van der Waals surface area contributed by atoms with Crippen molar-refractivity contribution in [2.75, 3.05) is 32.9 Å². The van der Waals surface area contributed by atoms with Crippen molar-refractivity contribution in [1.82, 2.24) is 5.32 Å². The van der Waals surface area contributed by atoms with E-state index in [1.165, 1.54) is 0 Å². The minimum absolute atomic E-state index is 0.206. The van der Waals surface area contributed by atoms with E-state index in [-0.39, 0.29) is 18.7 Å². The van der Waals surface area contributed by atoms with Crippen LogP contribution in [0.1, 0.15) is 31.9 Å². The number of nitrogens with one attached hydrogen (secondary N) is 1. The lowest BCUT2D eigenvalue weighted by Crippen LogP contribution is -2.26. The molecule has 0 saturated carbocycles. The molecular weight excluding hydrogens is 329 g/mol. The summed E-state index contributed by atoms with van der Waals surface area (Å²) in [4.78, 5) is 11.2. The third-order valence-corrected chi connectivity index (χ3v) is 5.24. The molecule has 1 aromatic carbocycles. The maximum absolute atomic E-state index is 12.6. The number of carbonyl (C=O) groups is 1. The molecule has 0 aliphatic carbocycles. The maximum Gasteiger partial charge on any atom is 0.335 e. The van der Waals surface area contributed by atoms with Gasteiger partial charge in [-0.3, -0.25) is 9.36 Å². The van der Waals surface area contributed by atoms with Crippen molar-refractivity contribution in [1.29, 1.82) is 0 Å². The van der Waals surface area contributed by atoms with E-state index in [1.54, 1.807) is 20.8 Å². The highest BCUT2D eigenvalue weighted by molar-refractivity contribution is 7.53. The van der Waals surface area contributed by atoms with Crippen LogP contribution in [0.2, 0.25) is 0 Å². The molecule has 0 aromatic heterocycles. The Kier molecular flexibility index (Phi) is 9.88. The molecule has 0 saturated heterocycles. The Morgan fingerprint density at radius 3 is 2.38 bits per heavy atom. The lowest BCUT2D eigenvalue weighted by molar-refractivity contribution is -0.141. The van der Waals surface area contributed by atoms with Crippen LogP contribution in [0.4, 0.5) is 0 Å². The van der Waals surface area contributed by atoms with Crippen LogP contribution in [-0.4, -0.2) is 38.9 Å². The topological polar surface area (TPSA) is 73.9 Å². The quantitative estimate of drug-likeness (QED) is 0.352. The van der Waals surface area contributed by atoms with Gasteiger partial charge in [0, 0.05) is 0 Å². The van der Waals surface area contributed by atoms with Gasteiger partial charge in [0.15, 0.2) is 0 Å². The molecule has 0 atom stereocenters. The minimum atomic E-state index is -3.09.